The van der Waals surface area contributed by atoms with Crippen molar-refractivity contribution in [3.05, 3.63) is 29.8 Å². The molecule has 1 amide bonds. The molecule has 2 saturated heterocycles. The second-order valence-corrected chi connectivity index (χ2v) is 7.71. The summed E-state index contributed by atoms with van der Waals surface area (Å²) in [5.41, 5.74) is 2.19. The van der Waals surface area contributed by atoms with Crippen LogP contribution in [0.1, 0.15) is 38.2 Å². The molecule has 2 aliphatic rings. The van der Waals surface area contributed by atoms with Crippen LogP contribution in [0.5, 0.6) is 0 Å². The average Bonchev–Trinajstić information content (AvgIpc) is 2.67. The summed E-state index contributed by atoms with van der Waals surface area (Å²) in [5.74, 6) is -0.558. The number of amides is 1. The standard InChI is InChI=1S/C21H31N3O3/c1-3-22(15-20(25)26)17-10-13-23(14-11-17)19-5-4-12-24(21(19)27)18-8-6-16(2)7-9-18/h6-9,17,19H,3-5,10-15H2,1-2H3,(H,25,26). The van der Waals surface area contributed by atoms with Crippen LogP contribution in [0.25, 0.3) is 0 Å². The van der Waals surface area contributed by atoms with Gasteiger partial charge in [-0.2, -0.15) is 0 Å². The molecule has 2 fully saturated rings. The Balaban J connectivity index is 1.61. The largest absolute Gasteiger partial charge is 0.480 e. The lowest BCUT2D eigenvalue weighted by Crippen LogP contribution is -2.56. The highest BCUT2D eigenvalue weighted by molar-refractivity contribution is 5.97. The van der Waals surface area contributed by atoms with Gasteiger partial charge in [-0.25, -0.2) is 0 Å². The Morgan fingerprint density at radius 1 is 1.15 bits per heavy atom. The summed E-state index contributed by atoms with van der Waals surface area (Å²) in [6, 6.07) is 8.43. The van der Waals surface area contributed by atoms with Gasteiger partial charge in [0, 0.05) is 31.4 Å². The summed E-state index contributed by atoms with van der Waals surface area (Å²) in [4.78, 5) is 30.5. The molecule has 0 radical (unpaired) electrons. The smallest absolute Gasteiger partial charge is 0.317 e. The fourth-order valence-corrected chi connectivity index (χ4v) is 4.41. The quantitative estimate of drug-likeness (QED) is 0.829. The maximum atomic E-state index is 13.1. The molecule has 1 atom stereocenters. The van der Waals surface area contributed by atoms with E-state index in [0.717, 1.165) is 57.5 Å². The first-order valence-corrected chi connectivity index (χ1v) is 10.1. The molecule has 1 aromatic carbocycles. The summed E-state index contributed by atoms with van der Waals surface area (Å²) >= 11 is 0. The second kappa shape index (κ2) is 8.85. The normalized spacial score (nSPS) is 22.4. The molecule has 148 valence electrons. The van der Waals surface area contributed by atoms with Crippen molar-refractivity contribution >= 4 is 17.6 Å². The van der Waals surface area contributed by atoms with Gasteiger partial charge in [-0.3, -0.25) is 19.4 Å². The first kappa shape index (κ1) is 19.8. The molecule has 1 N–H and O–H groups in total. The van der Waals surface area contributed by atoms with Crippen LogP contribution in [0.3, 0.4) is 0 Å². The van der Waals surface area contributed by atoms with E-state index in [1.807, 2.05) is 28.9 Å². The first-order valence-electron chi connectivity index (χ1n) is 10.1. The van der Waals surface area contributed by atoms with E-state index in [9.17, 15) is 9.59 Å². The van der Waals surface area contributed by atoms with Crippen LogP contribution < -0.4 is 4.90 Å². The van der Waals surface area contributed by atoms with Crippen LogP contribution in [0.4, 0.5) is 5.69 Å². The number of nitrogens with zero attached hydrogens (tertiary/aromatic N) is 3. The third-order valence-corrected chi connectivity index (χ3v) is 5.96. The number of benzene rings is 1. The molecule has 2 heterocycles. The van der Waals surface area contributed by atoms with Crippen molar-refractivity contribution < 1.29 is 14.7 Å². The number of aliphatic carboxylic acids is 1. The third kappa shape index (κ3) is 4.68. The lowest BCUT2D eigenvalue weighted by Gasteiger charge is -2.43. The Morgan fingerprint density at radius 2 is 1.81 bits per heavy atom. The molecule has 0 aliphatic carbocycles. The van der Waals surface area contributed by atoms with E-state index < -0.39 is 5.97 Å². The van der Waals surface area contributed by atoms with E-state index >= 15 is 0 Å². The molecule has 2 aliphatic heterocycles. The number of hydrogen-bond donors (Lipinski definition) is 1. The second-order valence-electron chi connectivity index (χ2n) is 7.71. The van der Waals surface area contributed by atoms with Gasteiger partial charge in [-0.05, 0) is 51.3 Å². The molecule has 27 heavy (non-hydrogen) atoms. The van der Waals surface area contributed by atoms with Gasteiger partial charge >= 0.3 is 5.97 Å². The number of rotatable bonds is 6. The fraction of sp³-hybridized carbons (Fsp3) is 0.619. The Hall–Kier alpha value is -1.92. The molecule has 3 rings (SSSR count). The van der Waals surface area contributed by atoms with Crippen molar-refractivity contribution in [3.8, 4) is 0 Å². The van der Waals surface area contributed by atoms with Crippen molar-refractivity contribution in [3.63, 3.8) is 0 Å². The number of aryl methyl sites for hydroxylation is 1. The van der Waals surface area contributed by atoms with Crippen molar-refractivity contribution in [1.29, 1.82) is 0 Å². The maximum absolute atomic E-state index is 13.1. The zero-order valence-electron chi connectivity index (χ0n) is 16.4. The highest BCUT2D eigenvalue weighted by Gasteiger charge is 2.36. The molecular formula is C21H31N3O3. The van der Waals surface area contributed by atoms with Gasteiger partial charge in [0.05, 0.1) is 12.6 Å². The zero-order valence-corrected chi connectivity index (χ0v) is 16.4. The van der Waals surface area contributed by atoms with Crippen LogP contribution in [0.15, 0.2) is 24.3 Å². The first-order chi connectivity index (χ1) is 13.0. The van der Waals surface area contributed by atoms with Gasteiger partial charge in [0.25, 0.3) is 0 Å². The van der Waals surface area contributed by atoms with Crippen molar-refractivity contribution in [2.45, 2.75) is 51.6 Å². The molecule has 6 heteroatoms. The molecule has 1 unspecified atom stereocenters. The number of likely N-dealkylation sites (N-methyl/N-ethyl adjacent to an activating group) is 1. The molecule has 0 spiro atoms. The number of anilines is 1. The van der Waals surface area contributed by atoms with Gasteiger partial charge in [0.15, 0.2) is 0 Å². The number of carboxylic acid groups (broad SMARTS) is 1. The van der Waals surface area contributed by atoms with Crippen LogP contribution >= 0.6 is 0 Å². The summed E-state index contributed by atoms with van der Waals surface area (Å²) in [7, 11) is 0. The Bertz CT molecular complexity index is 653. The number of carbonyl (C=O) groups excluding carboxylic acids is 1. The number of carbonyl (C=O) groups is 2. The topological polar surface area (TPSA) is 64.1 Å². The predicted molar refractivity (Wildman–Crippen MR) is 106 cm³/mol. The van der Waals surface area contributed by atoms with Crippen molar-refractivity contribution in [1.82, 2.24) is 9.80 Å². The Morgan fingerprint density at radius 3 is 2.41 bits per heavy atom. The minimum atomic E-state index is -0.768. The number of likely N-dealkylation sites (tertiary alicyclic amines) is 1. The highest BCUT2D eigenvalue weighted by atomic mass is 16.4. The number of piperidine rings is 2. The maximum Gasteiger partial charge on any atom is 0.317 e. The minimum absolute atomic E-state index is 0.0458. The van der Waals surface area contributed by atoms with Gasteiger partial charge in [0.1, 0.15) is 0 Å². The van der Waals surface area contributed by atoms with Crippen molar-refractivity contribution in [2.75, 3.05) is 37.6 Å². The van der Waals surface area contributed by atoms with E-state index in [1.54, 1.807) is 0 Å². The Kier molecular flexibility index (Phi) is 6.50. The predicted octanol–water partition coefficient (Wildman–Crippen LogP) is 2.36. The van der Waals surface area contributed by atoms with Crippen LogP contribution in [0.2, 0.25) is 0 Å². The third-order valence-electron chi connectivity index (χ3n) is 5.96. The lowest BCUT2D eigenvalue weighted by atomic mass is 9.96. The number of hydrogen-bond acceptors (Lipinski definition) is 4. The summed E-state index contributed by atoms with van der Waals surface area (Å²) < 4.78 is 0. The fourth-order valence-electron chi connectivity index (χ4n) is 4.41. The van der Waals surface area contributed by atoms with Gasteiger partial charge in [-0.1, -0.05) is 24.6 Å². The van der Waals surface area contributed by atoms with E-state index in [1.165, 1.54) is 5.56 Å². The van der Waals surface area contributed by atoms with Crippen LogP contribution in [0, 0.1) is 6.92 Å². The minimum Gasteiger partial charge on any atom is -0.480 e. The SMILES string of the molecule is CCN(CC(=O)O)C1CCN(C2CCCN(c3ccc(C)cc3)C2=O)CC1. The zero-order chi connectivity index (χ0) is 19.4. The van der Waals surface area contributed by atoms with E-state index in [0.29, 0.717) is 6.04 Å². The van der Waals surface area contributed by atoms with E-state index in [-0.39, 0.29) is 18.5 Å². The molecule has 0 aromatic heterocycles. The molecule has 0 bridgehead atoms. The van der Waals surface area contributed by atoms with Crippen LogP contribution in [-0.4, -0.2) is 71.6 Å². The molecular weight excluding hydrogens is 342 g/mol. The molecule has 1 aromatic rings. The number of carboxylic acids is 1. The summed E-state index contributed by atoms with van der Waals surface area (Å²) in [6.45, 7) is 7.43. The molecule has 0 saturated carbocycles. The summed E-state index contributed by atoms with van der Waals surface area (Å²) in [6.07, 6.45) is 3.79. The monoisotopic (exact) mass is 373 g/mol. The van der Waals surface area contributed by atoms with E-state index in [2.05, 4.69) is 24.0 Å². The van der Waals surface area contributed by atoms with Crippen molar-refractivity contribution in [2.24, 2.45) is 0 Å². The average molecular weight is 373 g/mol. The highest BCUT2D eigenvalue weighted by Crippen LogP contribution is 2.27. The lowest BCUT2D eigenvalue weighted by molar-refractivity contribution is -0.139. The molecule has 6 nitrogen and oxygen atoms in total. The van der Waals surface area contributed by atoms with Gasteiger partial charge in [0.2, 0.25) is 5.91 Å². The van der Waals surface area contributed by atoms with E-state index in [4.69, 9.17) is 5.11 Å². The van der Waals surface area contributed by atoms with Gasteiger partial charge < -0.3 is 10.0 Å². The Labute approximate surface area is 161 Å². The summed E-state index contributed by atoms with van der Waals surface area (Å²) in [5, 5.41) is 9.09. The van der Waals surface area contributed by atoms with Crippen LogP contribution in [-0.2, 0) is 9.59 Å². The van der Waals surface area contributed by atoms with Gasteiger partial charge in [-0.15, -0.1) is 0 Å².